The Hall–Kier alpha value is -0.870. The molecular formula is C7H13NO3. The monoisotopic (exact) mass is 159 g/mol. The van der Waals surface area contributed by atoms with Crippen molar-refractivity contribution in [3.8, 4) is 0 Å². The van der Waals surface area contributed by atoms with Gasteiger partial charge in [-0.25, -0.2) is 4.79 Å². The van der Waals surface area contributed by atoms with Gasteiger partial charge in [-0.15, -0.1) is 0 Å². The van der Waals surface area contributed by atoms with Gasteiger partial charge in [0.05, 0.1) is 0 Å². The van der Waals surface area contributed by atoms with E-state index in [9.17, 15) is 4.79 Å². The predicted molar refractivity (Wildman–Crippen MR) is 40.8 cm³/mol. The van der Waals surface area contributed by atoms with Gasteiger partial charge in [-0.05, 0) is 0 Å². The molecule has 4 heteroatoms. The van der Waals surface area contributed by atoms with Crippen LogP contribution in [-0.2, 0) is 14.4 Å². The van der Waals surface area contributed by atoms with Crippen molar-refractivity contribution in [3.05, 3.63) is 12.7 Å². The molecule has 64 valence electrons. The van der Waals surface area contributed by atoms with Gasteiger partial charge in [0.1, 0.15) is 13.2 Å². The SMILES string of the molecule is C=CC(=O)OCCON(C)C. The highest BCUT2D eigenvalue weighted by molar-refractivity contribution is 5.81. The lowest BCUT2D eigenvalue weighted by molar-refractivity contribution is -0.152. The molecule has 0 atom stereocenters. The van der Waals surface area contributed by atoms with Crippen LogP contribution in [0.2, 0.25) is 0 Å². The van der Waals surface area contributed by atoms with Crippen LogP contribution in [0.25, 0.3) is 0 Å². The summed E-state index contributed by atoms with van der Waals surface area (Å²) in [6, 6.07) is 0. The first-order valence-electron chi connectivity index (χ1n) is 3.26. The van der Waals surface area contributed by atoms with Gasteiger partial charge >= 0.3 is 5.97 Å². The first-order valence-corrected chi connectivity index (χ1v) is 3.26. The van der Waals surface area contributed by atoms with Gasteiger partial charge in [-0.2, -0.15) is 5.06 Å². The molecule has 0 rings (SSSR count). The summed E-state index contributed by atoms with van der Waals surface area (Å²) in [4.78, 5) is 15.4. The van der Waals surface area contributed by atoms with E-state index in [1.165, 1.54) is 0 Å². The fraction of sp³-hybridized carbons (Fsp3) is 0.571. The summed E-state index contributed by atoms with van der Waals surface area (Å²) in [7, 11) is 3.52. The molecule has 0 amide bonds. The van der Waals surface area contributed by atoms with Crippen LogP contribution in [0.4, 0.5) is 0 Å². The molecule has 0 saturated heterocycles. The second-order valence-electron chi connectivity index (χ2n) is 2.02. The maximum absolute atomic E-state index is 10.4. The molecule has 0 fully saturated rings. The Labute approximate surface area is 66.3 Å². The predicted octanol–water partition coefficient (Wildman–Crippen LogP) is 0.209. The van der Waals surface area contributed by atoms with E-state index in [4.69, 9.17) is 4.84 Å². The third-order valence-corrected chi connectivity index (χ3v) is 0.844. The highest BCUT2D eigenvalue weighted by atomic mass is 16.7. The zero-order valence-electron chi connectivity index (χ0n) is 6.87. The Bertz CT molecular complexity index is 134. The third-order valence-electron chi connectivity index (χ3n) is 0.844. The largest absolute Gasteiger partial charge is 0.460 e. The lowest BCUT2D eigenvalue weighted by Crippen LogP contribution is -2.17. The van der Waals surface area contributed by atoms with E-state index in [0.29, 0.717) is 6.61 Å². The zero-order valence-corrected chi connectivity index (χ0v) is 6.87. The molecule has 0 aliphatic heterocycles. The maximum atomic E-state index is 10.4. The van der Waals surface area contributed by atoms with Crippen LogP contribution in [0, 0.1) is 0 Å². The van der Waals surface area contributed by atoms with Crippen LogP contribution in [0.5, 0.6) is 0 Å². The normalized spacial score (nSPS) is 9.73. The summed E-state index contributed by atoms with van der Waals surface area (Å²) in [6.45, 7) is 3.87. The highest BCUT2D eigenvalue weighted by Crippen LogP contribution is 1.82. The lowest BCUT2D eigenvalue weighted by atomic mass is 10.6. The average Bonchev–Trinajstić information content (AvgIpc) is 1.97. The van der Waals surface area contributed by atoms with Gasteiger partial charge in [-0.1, -0.05) is 6.58 Å². The molecule has 0 aromatic heterocycles. The van der Waals surface area contributed by atoms with E-state index in [-0.39, 0.29) is 6.61 Å². The summed E-state index contributed by atoms with van der Waals surface area (Å²) in [5.74, 6) is -0.424. The number of hydrogen-bond donors (Lipinski definition) is 0. The molecule has 0 bridgehead atoms. The molecule has 0 N–H and O–H groups in total. The minimum absolute atomic E-state index is 0.253. The first kappa shape index (κ1) is 10.1. The van der Waals surface area contributed by atoms with E-state index >= 15 is 0 Å². The van der Waals surface area contributed by atoms with E-state index < -0.39 is 5.97 Å². The number of hydrogen-bond acceptors (Lipinski definition) is 4. The Morgan fingerprint density at radius 2 is 2.18 bits per heavy atom. The zero-order chi connectivity index (χ0) is 8.69. The molecule has 0 heterocycles. The Morgan fingerprint density at radius 1 is 1.55 bits per heavy atom. The molecule has 0 aromatic rings. The highest BCUT2D eigenvalue weighted by Gasteiger charge is 1.94. The van der Waals surface area contributed by atoms with Gasteiger partial charge in [0.2, 0.25) is 0 Å². The van der Waals surface area contributed by atoms with Crippen molar-refractivity contribution in [1.29, 1.82) is 0 Å². The Kier molecular flexibility index (Phi) is 5.42. The molecule has 0 radical (unpaired) electrons. The van der Waals surface area contributed by atoms with Gasteiger partial charge in [0.15, 0.2) is 0 Å². The summed E-state index contributed by atoms with van der Waals surface area (Å²) in [5, 5.41) is 1.54. The second kappa shape index (κ2) is 5.88. The molecule has 0 unspecified atom stereocenters. The fourth-order valence-electron chi connectivity index (χ4n) is 0.421. The number of carbonyl (C=O) groups excluding carboxylic acids is 1. The fourth-order valence-corrected chi connectivity index (χ4v) is 0.421. The van der Waals surface area contributed by atoms with Crippen LogP contribution in [0.15, 0.2) is 12.7 Å². The van der Waals surface area contributed by atoms with Crippen molar-refractivity contribution < 1.29 is 14.4 Å². The van der Waals surface area contributed by atoms with Crippen LogP contribution < -0.4 is 0 Å². The van der Waals surface area contributed by atoms with Crippen LogP contribution in [0.3, 0.4) is 0 Å². The lowest BCUT2D eigenvalue weighted by Gasteiger charge is -2.09. The Morgan fingerprint density at radius 3 is 2.64 bits per heavy atom. The topological polar surface area (TPSA) is 38.8 Å². The number of nitrogens with zero attached hydrogens (tertiary/aromatic N) is 1. The molecule has 0 aliphatic carbocycles. The summed E-state index contributed by atoms with van der Waals surface area (Å²) >= 11 is 0. The number of hydroxylamine groups is 2. The molecule has 0 aliphatic rings. The number of esters is 1. The molecule has 0 aromatic carbocycles. The first-order chi connectivity index (χ1) is 5.16. The van der Waals surface area contributed by atoms with Crippen molar-refractivity contribution in [2.24, 2.45) is 0 Å². The smallest absolute Gasteiger partial charge is 0.330 e. The second-order valence-corrected chi connectivity index (χ2v) is 2.02. The van der Waals surface area contributed by atoms with E-state index in [1.807, 2.05) is 0 Å². The Balaban J connectivity index is 3.14. The molecule has 0 spiro atoms. The number of rotatable bonds is 5. The molecule has 0 saturated carbocycles. The van der Waals surface area contributed by atoms with Crippen LogP contribution in [-0.4, -0.2) is 38.3 Å². The van der Waals surface area contributed by atoms with Gasteiger partial charge < -0.3 is 4.74 Å². The quantitative estimate of drug-likeness (QED) is 0.249. The summed E-state index contributed by atoms with van der Waals surface area (Å²) in [5.41, 5.74) is 0. The summed E-state index contributed by atoms with van der Waals surface area (Å²) in [6.07, 6.45) is 1.12. The molecule has 4 nitrogen and oxygen atoms in total. The number of carbonyl (C=O) groups is 1. The van der Waals surface area contributed by atoms with Crippen molar-refractivity contribution in [2.75, 3.05) is 27.3 Å². The van der Waals surface area contributed by atoms with Crippen molar-refractivity contribution in [1.82, 2.24) is 5.06 Å². The third kappa shape index (κ3) is 7.02. The van der Waals surface area contributed by atoms with Crippen LogP contribution >= 0.6 is 0 Å². The minimum atomic E-state index is -0.424. The average molecular weight is 159 g/mol. The maximum Gasteiger partial charge on any atom is 0.330 e. The van der Waals surface area contributed by atoms with Crippen molar-refractivity contribution in [3.63, 3.8) is 0 Å². The summed E-state index contributed by atoms with van der Waals surface area (Å²) < 4.78 is 4.63. The standard InChI is InChI=1S/C7H13NO3/c1-4-7(9)10-5-6-11-8(2)3/h4H,1,5-6H2,2-3H3. The van der Waals surface area contributed by atoms with Crippen molar-refractivity contribution >= 4 is 5.97 Å². The van der Waals surface area contributed by atoms with E-state index in [2.05, 4.69) is 11.3 Å². The molecule has 11 heavy (non-hydrogen) atoms. The van der Waals surface area contributed by atoms with Gasteiger partial charge in [-0.3, -0.25) is 4.84 Å². The minimum Gasteiger partial charge on any atom is -0.460 e. The van der Waals surface area contributed by atoms with Gasteiger partial charge in [0, 0.05) is 20.2 Å². The molecular weight excluding hydrogens is 146 g/mol. The van der Waals surface area contributed by atoms with E-state index in [1.54, 1.807) is 19.2 Å². The van der Waals surface area contributed by atoms with Gasteiger partial charge in [0.25, 0.3) is 0 Å². The van der Waals surface area contributed by atoms with Crippen LogP contribution in [0.1, 0.15) is 0 Å². The van der Waals surface area contributed by atoms with E-state index in [0.717, 1.165) is 6.08 Å². The van der Waals surface area contributed by atoms with Crippen molar-refractivity contribution in [2.45, 2.75) is 0 Å². The number of ether oxygens (including phenoxy) is 1.